The zero-order chi connectivity index (χ0) is 9.68. The first-order valence-corrected chi connectivity index (χ1v) is 5.34. The minimum atomic E-state index is -0.618. The topological polar surface area (TPSA) is 67.5 Å². The van der Waals surface area contributed by atoms with Gasteiger partial charge in [-0.05, 0) is 25.2 Å². The van der Waals surface area contributed by atoms with Crippen LogP contribution in [0.4, 0.5) is 4.79 Å². The van der Waals surface area contributed by atoms with Crippen LogP contribution in [0.15, 0.2) is 17.3 Å². The quantitative estimate of drug-likeness (QED) is 0.654. The van der Waals surface area contributed by atoms with Crippen LogP contribution in [0, 0.1) is 0 Å². The smallest absolute Gasteiger partial charge is 0.332 e. The summed E-state index contributed by atoms with van der Waals surface area (Å²) in [6, 6.07) is -0.618. The summed E-state index contributed by atoms with van der Waals surface area (Å²) in [5.41, 5.74) is 7.97. The maximum absolute atomic E-state index is 10.3. The summed E-state index contributed by atoms with van der Waals surface area (Å²) in [7, 11) is 0. The molecule has 0 fully saturated rings. The molecule has 0 aromatic heterocycles. The van der Waals surface area contributed by atoms with Crippen LogP contribution < -0.4 is 11.2 Å². The lowest BCUT2D eigenvalue weighted by Gasteiger charge is -2.14. The summed E-state index contributed by atoms with van der Waals surface area (Å²) in [5, 5.41) is 4.42. The highest BCUT2D eigenvalue weighted by molar-refractivity contribution is 7.99. The van der Waals surface area contributed by atoms with Crippen molar-refractivity contribution in [1.29, 1.82) is 0 Å². The molecule has 5 heteroatoms. The van der Waals surface area contributed by atoms with Gasteiger partial charge in [0.05, 0.1) is 5.71 Å². The molecule has 0 aromatic rings. The van der Waals surface area contributed by atoms with E-state index in [0.717, 1.165) is 18.6 Å². The van der Waals surface area contributed by atoms with E-state index in [1.807, 2.05) is 17.8 Å². The van der Waals surface area contributed by atoms with Gasteiger partial charge in [-0.25, -0.2) is 10.2 Å². The molecule has 3 N–H and O–H groups in total. The summed E-state index contributed by atoms with van der Waals surface area (Å²) in [4.78, 5) is 10.3. The highest BCUT2D eigenvalue weighted by atomic mass is 32.2. The fourth-order valence-electron chi connectivity index (χ4n) is 1.10. The van der Waals surface area contributed by atoms with E-state index in [4.69, 9.17) is 5.73 Å². The third-order valence-electron chi connectivity index (χ3n) is 1.80. The van der Waals surface area contributed by atoms with Crippen molar-refractivity contribution in [2.24, 2.45) is 10.8 Å². The van der Waals surface area contributed by atoms with Crippen LogP contribution in [0.5, 0.6) is 0 Å². The molecule has 2 amide bonds. The second kappa shape index (κ2) is 4.91. The van der Waals surface area contributed by atoms with Crippen molar-refractivity contribution in [2.45, 2.75) is 18.1 Å². The number of nitrogens with one attached hydrogen (secondary N) is 1. The SMILES string of the molecule is CSC1C=C/C(=N\NC(N)=O)CC1. The van der Waals surface area contributed by atoms with E-state index >= 15 is 0 Å². The van der Waals surface area contributed by atoms with E-state index in [1.54, 1.807) is 0 Å². The molecule has 0 aliphatic heterocycles. The number of amides is 2. The number of hydrogen-bond donors (Lipinski definition) is 2. The normalized spacial score (nSPS) is 24.7. The molecule has 0 heterocycles. The Balaban J connectivity index is 2.47. The predicted octanol–water partition coefficient (Wildman–Crippen LogP) is 1.09. The van der Waals surface area contributed by atoms with Gasteiger partial charge in [0.1, 0.15) is 0 Å². The maximum atomic E-state index is 10.3. The summed E-state index contributed by atoms with van der Waals surface area (Å²) in [6.07, 6.45) is 8.06. The van der Waals surface area contributed by atoms with E-state index in [2.05, 4.69) is 22.9 Å². The van der Waals surface area contributed by atoms with Gasteiger partial charge in [-0.15, -0.1) is 0 Å². The van der Waals surface area contributed by atoms with Gasteiger partial charge < -0.3 is 5.73 Å². The lowest BCUT2D eigenvalue weighted by Crippen LogP contribution is -2.26. The lowest BCUT2D eigenvalue weighted by molar-refractivity contribution is 0.249. The largest absolute Gasteiger partial charge is 0.350 e. The van der Waals surface area contributed by atoms with Crippen molar-refractivity contribution in [3.05, 3.63) is 12.2 Å². The van der Waals surface area contributed by atoms with Gasteiger partial charge >= 0.3 is 6.03 Å². The molecule has 1 atom stereocenters. The number of nitrogens with zero attached hydrogens (tertiary/aromatic N) is 1. The molecule has 0 bridgehead atoms. The molecule has 13 heavy (non-hydrogen) atoms. The number of thioether (sulfide) groups is 1. The molecule has 1 aliphatic carbocycles. The van der Waals surface area contributed by atoms with Crippen LogP contribution in [0.25, 0.3) is 0 Å². The summed E-state index contributed by atoms with van der Waals surface area (Å²) < 4.78 is 0. The average molecular weight is 199 g/mol. The van der Waals surface area contributed by atoms with E-state index in [-0.39, 0.29) is 0 Å². The molecule has 1 rings (SSSR count). The number of carbonyl (C=O) groups excluding carboxylic acids is 1. The first-order chi connectivity index (χ1) is 6.22. The Kier molecular flexibility index (Phi) is 3.82. The highest BCUT2D eigenvalue weighted by Crippen LogP contribution is 2.19. The van der Waals surface area contributed by atoms with Gasteiger partial charge in [0.25, 0.3) is 0 Å². The van der Waals surface area contributed by atoms with Crippen LogP contribution in [-0.2, 0) is 0 Å². The number of primary amides is 1. The van der Waals surface area contributed by atoms with Crippen LogP contribution >= 0.6 is 11.8 Å². The Bertz CT molecular complexity index is 250. The van der Waals surface area contributed by atoms with Gasteiger partial charge in [0.15, 0.2) is 0 Å². The predicted molar refractivity (Wildman–Crippen MR) is 55.8 cm³/mol. The fourth-order valence-corrected chi connectivity index (χ4v) is 1.69. The number of carbonyl (C=O) groups is 1. The summed E-state index contributed by atoms with van der Waals surface area (Å²) in [6.45, 7) is 0. The van der Waals surface area contributed by atoms with E-state index in [1.165, 1.54) is 0 Å². The number of hydrazone groups is 1. The molecular weight excluding hydrogens is 186 g/mol. The fraction of sp³-hybridized carbons (Fsp3) is 0.500. The number of rotatable bonds is 2. The van der Waals surface area contributed by atoms with Gasteiger partial charge in [0.2, 0.25) is 0 Å². The molecule has 4 nitrogen and oxygen atoms in total. The lowest BCUT2D eigenvalue weighted by atomic mass is 10.1. The molecule has 72 valence electrons. The number of allylic oxidation sites excluding steroid dienone is 1. The van der Waals surface area contributed by atoms with Gasteiger partial charge in [-0.3, -0.25) is 0 Å². The second-order valence-electron chi connectivity index (χ2n) is 2.75. The van der Waals surface area contributed by atoms with E-state index in [9.17, 15) is 4.79 Å². The van der Waals surface area contributed by atoms with Crippen LogP contribution in [0.1, 0.15) is 12.8 Å². The Morgan fingerprint density at radius 2 is 2.62 bits per heavy atom. The zero-order valence-electron chi connectivity index (χ0n) is 7.49. The van der Waals surface area contributed by atoms with Crippen molar-refractivity contribution >= 4 is 23.5 Å². The molecule has 0 saturated carbocycles. The minimum Gasteiger partial charge on any atom is -0.350 e. The van der Waals surface area contributed by atoms with Crippen molar-refractivity contribution in [2.75, 3.05) is 6.26 Å². The zero-order valence-corrected chi connectivity index (χ0v) is 8.30. The molecule has 0 radical (unpaired) electrons. The van der Waals surface area contributed by atoms with Gasteiger partial charge in [-0.1, -0.05) is 6.08 Å². The third kappa shape index (κ3) is 3.50. The Hall–Kier alpha value is -0.970. The molecule has 0 saturated heterocycles. The summed E-state index contributed by atoms with van der Waals surface area (Å²) >= 11 is 1.82. The third-order valence-corrected chi connectivity index (χ3v) is 2.80. The van der Waals surface area contributed by atoms with Crippen molar-refractivity contribution in [1.82, 2.24) is 5.43 Å². The first kappa shape index (κ1) is 10.1. The molecule has 0 aromatic carbocycles. The molecular formula is C8H13N3OS. The van der Waals surface area contributed by atoms with Crippen LogP contribution in [0.3, 0.4) is 0 Å². The van der Waals surface area contributed by atoms with E-state index < -0.39 is 6.03 Å². The first-order valence-electron chi connectivity index (χ1n) is 4.05. The Morgan fingerprint density at radius 1 is 1.85 bits per heavy atom. The second-order valence-corrected chi connectivity index (χ2v) is 3.83. The highest BCUT2D eigenvalue weighted by Gasteiger charge is 2.10. The molecule has 1 aliphatic rings. The van der Waals surface area contributed by atoms with Crippen molar-refractivity contribution < 1.29 is 4.79 Å². The Morgan fingerprint density at radius 3 is 3.08 bits per heavy atom. The number of nitrogens with two attached hydrogens (primary N) is 1. The average Bonchev–Trinajstić information content (AvgIpc) is 2.15. The standard InChI is InChI=1S/C8H13N3OS/c1-13-7-4-2-6(3-5-7)10-11-8(9)12/h2,4,7H,3,5H2,1H3,(H3,9,11,12)/b10-6+. The monoisotopic (exact) mass is 199 g/mol. The van der Waals surface area contributed by atoms with Crippen LogP contribution in [-0.4, -0.2) is 23.2 Å². The van der Waals surface area contributed by atoms with Crippen molar-refractivity contribution in [3.63, 3.8) is 0 Å². The van der Waals surface area contributed by atoms with Gasteiger partial charge in [-0.2, -0.15) is 16.9 Å². The van der Waals surface area contributed by atoms with Crippen LogP contribution in [0.2, 0.25) is 0 Å². The van der Waals surface area contributed by atoms with Gasteiger partial charge in [0, 0.05) is 5.25 Å². The summed E-state index contributed by atoms with van der Waals surface area (Å²) in [5.74, 6) is 0. The minimum absolute atomic E-state index is 0.576. The number of hydrogen-bond acceptors (Lipinski definition) is 3. The van der Waals surface area contributed by atoms with Crippen molar-refractivity contribution in [3.8, 4) is 0 Å². The van der Waals surface area contributed by atoms with E-state index in [0.29, 0.717) is 5.25 Å². The maximum Gasteiger partial charge on any atom is 0.332 e. The molecule has 0 spiro atoms. The Labute approximate surface area is 81.6 Å². The molecule has 1 unspecified atom stereocenters. The number of urea groups is 1.